The fourth-order valence-corrected chi connectivity index (χ4v) is 4.60. The third-order valence-electron chi connectivity index (χ3n) is 6.86. The van der Waals surface area contributed by atoms with Crippen LogP contribution in [0.25, 0.3) is 0 Å². The normalized spacial score (nSPS) is 23.7. The van der Waals surface area contributed by atoms with E-state index in [1.54, 1.807) is 0 Å². The zero-order chi connectivity index (χ0) is 29.7. The van der Waals surface area contributed by atoms with Crippen molar-refractivity contribution in [1.82, 2.24) is 10.2 Å². The lowest BCUT2D eigenvalue weighted by Gasteiger charge is -2.48. The third kappa shape index (κ3) is 9.19. The highest BCUT2D eigenvalue weighted by Gasteiger charge is 2.61. The summed E-state index contributed by atoms with van der Waals surface area (Å²) in [5, 5.41) is 2.51. The quantitative estimate of drug-likeness (QED) is 0.157. The van der Waals surface area contributed by atoms with Gasteiger partial charge in [0, 0.05) is 25.7 Å². The predicted molar refractivity (Wildman–Crippen MR) is 141 cm³/mol. The molecule has 2 fully saturated rings. The minimum Gasteiger partial charge on any atom is -0.463 e. The van der Waals surface area contributed by atoms with E-state index >= 15 is 0 Å². The molecule has 0 spiro atoms. The first kappa shape index (κ1) is 33.0. The summed E-state index contributed by atoms with van der Waals surface area (Å²) in [5.41, 5.74) is 0. The van der Waals surface area contributed by atoms with Gasteiger partial charge in [-0.25, -0.2) is 0 Å². The molecule has 12 nitrogen and oxygen atoms in total. The van der Waals surface area contributed by atoms with Crippen LogP contribution in [0.3, 0.4) is 0 Å². The van der Waals surface area contributed by atoms with E-state index in [0.717, 1.165) is 30.6 Å². The van der Waals surface area contributed by atoms with Gasteiger partial charge in [-0.3, -0.25) is 33.7 Å². The minimum absolute atomic E-state index is 0.0576. The molecule has 2 rings (SSSR count). The van der Waals surface area contributed by atoms with Crippen molar-refractivity contribution < 1.29 is 47.7 Å². The van der Waals surface area contributed by atoms with Crippen LogP contribution in [0.2, 0.25) is 0 Å². The van der Waals surface area contributed by atoms with Crippen molar-refractivity contribution in [2.45, 2.75) is 135 Å². The van der Waals surface area contributed by atoms with Gasteiger partial charge in [0.25, 0.3) is 0 Å². The van der Waals surface area contributed by atoms with Crippen LogP contribution in [0.1, 0.15) is 105 Å². The van der Waals surface area contributed by atoms with Crippen LogP contribution in [-0.4, -0.2) is 77.7 Å². The lowest BCUT2D eigenvalue weighted by molar-refractivity contribution is -0.219. The number of nitrogens with zero attached hydrogens (tertiary/aromatic N) is 1. The molecule has 40 heavy (non-hydrogen) atoms. The molecular weight excluding hydrogens is 524 g/mol. The van der Waals surface area contributed by atoms with Gasteiger partial charge in [0.1, 0.15) is 18.8 Å². The number of unbranched alkanes of at least 4 members (excludes halogenated alkanes) is 4. The summed E-state index contributed by atoms with van der Waals surface area (Å²) in [6.45, 7) is 7.23. The smallest absolute Gasteiger partial charge is 0.314 e. The van der Waals surface area contributed by atoms with E-state index < -0.39 is 72.8 Å². The van der Waals surface area contributed by atoms with Gasteiger partial charge in [0.2, 0.25) is 0 Å². The zero-order valence-corrected chi connectivity index (χ0v) is 24.1. The Morgan fingerprint density at radius 3 is 1.55 bits per heavy atom. The molecule has 2 aliphatic rings. The molecule has 1 N–H and O–H groups in total. The van der Waals surface area contributed by atoms with Crippen molar-refractivity contribution in [3.05, 3.63) is 0 Å². The van der Waals surface area contributed by atoms with Crippen molar-refractivity contribution in [2.24, 2.45) is 0 Å². The second kappa shape index (κ2) is 16.8. The summed E-state index contributed by atoms with van der Waals surface area (Å²) in [5.74, 6) is -4.29. The summed E-state index contributed by atoms with van der Waals surface area (Å²) >= 11 is 0. The highest BCUT2D eigenvalue weighted by atomic mass is 16.6. The van der Waals surface area contributed by atoms with Crippen LogP contribution in [-0.2, 0) is 47.7 Å². The van der Waals surface area contributed by atoms with E-state index in [9.17, 15) is 28.8 Å². The molecule has 0 aromatic carbocycles. The second-order valence-electron chi connectivity index (χ2n) is 10.2. The molecule has 2 amide bonds. The van der Waals surface area contributed by atoms with Crippen LogP contribution in [0.5, 0.6) is 0 Å². The van der Waals surface area contributed by atoms with Gasteiger partial charge in [0.05, 0.1) is 0 Å². The molecular formula is C28H44N2O10. The Balaban J connectivity index is 2.51. The lowest BCUT2D eigenvalue weighted by Crippen LogP contribution is -2.70. The second-order valence-corrected chi connectivity index (χ2v) is 10.2. The number of piperidine rings is 1. The maximum absolute atomic E-state index is 13.0. The highest BCUT2D eigenvalue weighted by molar-refractivity contribution is 6.37. The molecule has 0 unspecified atom stereocenters. The topological polar surface area (TPSA) is 155 Å². The van der Waals surface area contributed by atoms with Gasteiger partial charge in [0.15, 0.2) is 18.3 Å². The maximum atomic E-state index is 13.0. The number of hydrogen-bond acceptors (Lipinski definition) is 10. The molecule has 0 aliphatic carbocycles. The first-order valence-corrected chi connectivity index (χ1v) is 14.5. The third-order valence-corrected chi connectivity index (χ3v) is 6.86. The number of ether oxygens (including phenoxy) is 4. The van der Waals surface area contributed by atoms with Crippen LogP contribution in [0.4, 0.5) is 0 Å². The number of carbonyl (C=O) groups is 6. The van der Waals surface area contributed by atoms with Crippen LogP contribution >= 0.6 is 0 Å². The molecule has 12 heteroatoms. The molecule has 5 atom stereocenters. The Labute approximate surface area is 235 Å². The standard InChI is InChI=1S/C28H44N2O10/c1-5-9-13-19(31)37-17-18-23(38-20(32)14-10-6-2)24(39-21(33)15-11-7-3)25(40-22(34)16-12-8-4)26-29-27(35)28(36)30(18)26/h18,23-26H,5-17H2,1-4H3,(H,29,35)/t18-,23-,24+,25+,26+/m1/s1. The number of carbonyl (C=O) groups excluding carboxylic acids is 6. The first-order valence-electron chi connectivity index (χ1n) is 14.5. The Morgan fingerprint density at radius 1 is 0.650 bits per heavy atom. The van der Waals surface area contributed by atoms with Gasteiger partial charge >= 0.3 is 35.7 Å². The highest BCUT2D eigenvalue weighted by Crippen LogP contribution is 2.34. The van der Waals surface area contributed by atoms with Crippen molar-refractivity contribution in [1.29, 1.82) is 0 Å². The lowest BCUT2D eigenvalue weighted by atomic mass is 9.91. The van der Waals surface area contributed by atoms with E-state index in [0.29, 0.717) is 25.7 Å². The van der Waals surface area contributed by atoms with Gasteiger partial charge < -0.3 is 24.3 Å². The van der Waals surface area contributed by atoms with Crippen molar-refractivity contribution >= 4 is 35.7 Å². The first-order chi connectivity index (χ1) is 19.2. The summed E-state index contributed by atoms with van der Waals surface area (Å²) in [4.78, 5) is 77.4. The molecule has 2 saturated heterocycles. The molecule has 0 bridgehead atoms. The van der Waals surface area contributed by atoms with E-state index in [2.05, 4.69) is 5.32 Å². The zero-order valence-electron chi connectivity index (χ0n) is 24.1. The number of amides is 2. The summed E-state index contributed by atoms with van der Waals surface area (Å²) in [6, 6.07) is -1.16. The fraction of sp³-hybridized carbons (Fsp3) is 0.786. The summed E-state index contributed by atoms with van der Waals surface area (Å²) < 4.78 is 22.7. The van der Waals surface area contributed by atoms with Crippen molar-refractivity contribution in [3.8, 4) is 0 Å². The van der Waals surface area contributed by atoms with Crippen LogP contribution in [0, 0.1) is 0 Å². The molecule has 0 aromatic heterocycles. The van der Waals surface area contributed by atoms with Gasteiger partial charge in [-0.2, -0.15) is 0 Å². The van der Waals surface area contributed by atoms with Crippen LogP contribution < -0.4 is 5.32 Å². The number of nitrogens with one attached hydrogen (secondary N) is 1. The molecule has 2 aliphatic heterocycles. The monoisotopic (exact) mass is 568 g/mol. The Morgan fingerprint density at radius 2 is 1.07 bits per heavy atom. The van der Waals surface area contributed by atoms with Crippen LogP contribution in [0.15, 0.2) is 0 Å². The molecule has 0 radical (unpaired) electrons. The largest absolute Gasteiger partial charge is 0.463 e. The van der Waals surface area contributed by atoms with Gasteiger partial charge in [-0.05, 0) is 25.7 Å². The van der Waals surface area contributed by atoms with E-state index in [4.69, 9.17) is 18.9 Å². The minimum atomic E-state index is -1.36. The number of rotatable bonds is 17. The molecule has 0 saturated carbocycles. The SMILES string of the molecule is CCCCC(=O)OC[C@@H]1[C@@H](OC(=O)CCCC)[C@H](OC(=O)CCCC)[C@H](OC(=O)CCCC)[C@H]2NC(=O)C(=O)N12. The fourth-order valence-electron chi connectivity index (χ4n) is 4.60. The molecule has 0 aromatic rings. The van der Waals surface area contributed by atoms with Gasteiger partial charge in [-0.1, -0.05) is 53.4 Å². The van der Waals surface area contributed by atoms with Crippen molar-refractivity contribution in [2.75, 3.05) is 6.61 Å². The summed E-state index contributed by atoms with van der Waals surface area (Å²) in [6.07, 6.45) is 0.209. The number of fused-ring (bicyclic) bond motifs is 1. The van der Waals surface area contributed by atoms with E-state index in [1.807, 2.05) is 27.7 Å². The Kier molecular flexibility index (Phi) is 13.9. The summed E-state index contributed by atoms with van der Waals surface area (Å²) in [7, 11) is 0. The average Bonchev–Trinajstić information content (AvgIpc) is 3.23. The van der Waals surface area contributed by atoms with Gasteiger partial charge in [-0.15, -0.1) is 0 Å². The molecule has 2 heterocycles. The van der Waals surface area contributed by atoms with E-state index in [1.165, 1.54) is 0 Å². The molecule has 226 valence electrons. The number of esters is 4. The average molecular weight is 569 g/mol. The van der Waals surface area contributed by atoms with E-state index in [-0.39, 0.29) is 25.7 Å². The van der Waals surface area contributed by atoms with Crippen molar-refractivity contribution in [3.63, 3.8) is 0 Å². The maximum Gasteiger partial charge on any atom is 0.314 e. The predicted octanol–water partition coefficient (Wildman–Crippen LogP) is 2.69. The number of hydrogen-bond donors (Lipinski definition) is 1. The Hall–Kier alpha value is -3.18. The Bertz CT molecular complexity index is 908.